The van der Waals surface area contributed by atoms with E-state index in [9.17, 15) is 23.2 Å². The Labute approximate surface area is 181 Å². The zero-order valence-electron chi connectivity index (χ0n) is 16.4. The average Bonchev–Trinajstić information content (AvgIpc) is 2.74. The minimum absolute atomic E-state index is 0.0608. The number of nitrogens with zero attached hydrogens (tertiary/aromatic N) is 5. The van der Waals surface area contributed by atoms with Crippen LogP contribution in [0.25, 0.3) is 0 Å². The van der Waals surface area contributed by atoms with Gasteiger partial charge in [0.05, 0.1) is 22.8 Å². The first-order valence-electron chi connectivity index (χ1n) is 9.03. The third kappa shape index (κ3) is 5.80. The highest BCUT2D eigenvalue weighted by Crippen LogP contribution is 2.33. The van der Waals surface area contributed by atoms with Gasteiger partial charge in [-0.3, -0.25) is 0 Å². The number of ether oxygens (including phenoxy) is 1. The summed E-state index contributed by atoms with van der Waals surface area (Å²) in [7, 11) is 0. The Morgan fingerprint density at radius 2 is 1.97 bits per heavy atom. The minimum atomic E-state index is -4.54. The third-order valence-corrected chi connectivity index (χ3v) is 4.65. The number of carbonyl (C=O) groups is 1. The Balaban J connectivity index is 2.17. The molecule has 1 fully saturated rings. The summed E-state index contributed by atoms with van der Waals surface area (Å²) >= 11 is 5.99. The van der Waals surface area contributed by atoms with Crippen LogP contribution < -0.4 is 10.6 Å². The summed E-state index contributed by atoms with van der Waals surface area (Å²) in [5, 5.41) is 18.4. The highest BCUT2D eigenvalue weighted by Gasteiger charge is 2.32. The van der Waals surface area contributed by atoms with Crippen LogP contribution in [0.4, 0.5) is 19.0 Å². The molecule has 2 heterocycles. The number of allylic oxidation sites excluding steroid dienone is 2. The van der Waals surface area contributed by atoms with Crippen molar-refractivity contribution in [3.63, 3.8) is 0 Å². The van der Waals surface area contributed by atoms with E-state index in [1.165, 1.54) is 0 Å². The van der Waals surface area contributed by atoms with Crippen LogP contribution in [-0.2, 0) is 15.7 Å². The summed E-state index contributed by atoms with van der Waals surface area (Å²) in [4.78, 5) is 18.9. The van der Waals surface area contributed by atoms with Crippen molar-refractivity contribution in [3.8, 4) is 12.1 Å². The first-order valence-corrected chi connectivity index (χ1v) is 9.41. The molecule has 0 radical (unpaired) electrons. The van der Waals surface area contributed by atoms with Gasteiger partial charge in [0.15, 0.2) is 0 Å². The van der Waals surface area contributed by atoms with Crippen LogP contribution in [0.1, 0.15) is 12.5 Å². The molecule has 8 nitrogen and oxygen atoms in total. The van der Waals surface area contributed by atoms with Gasteiger partial charge in [-0.1, -0.05) is 11.6 Å². The van der Waals surface area contributed by atoms with Crippen molar-refractivity contribution in [1.29, 1.82) is 10.5 Å². The van der Waals surface area contributed by atoms with Crippen molar-refractivity contribution in [2.45, 2.75) is 13.1 Å². The van der Waals surface area contributed by atoms with E-state index in [1.807, 2.05) is 6.07 Å². The Morgan fingerprint density at radius 3 is 2.45 bits per heavy atom. The molecular weight excluding hydrogens is 437 g/mol. The van der Waals surface area contributed by atoms with Crippen molar-refractivity contribution in [2.24, 2.45) is 5.73 Å². The quantitative estimate of drug-likeness (QED) is 0.312. The second kappa shape index (κ2) is 10.0. The number of piperazine rings is 1. The first kappa shape index (κ1) is 23.8. The number of halogens is 4. The molecule has 31 heavy (non-hydrogen) atoms. The Hall–Kier alpha value is -3.44. The number of nitrogens with two attached hydrogens (primary N) is 1. The summed E-state index contributed by atoms with van der Waals surface area (Å²) in [5.41, 5.74) is 4.68. The zero-order valence-corrected chi connectivity index (χ0v) is 17.2. The molecule has 164 valence electrons. The molecular formula is C19H18ClF3N6O2. The number of pyridine rings is 1. The van der Waals surface area contributed by atoms with Gasteiger partial charge in [-0.15, -0.1) is 0 Å². The molecule has 1 aromatic rings. The van der Waals surface area contributed by atoms with Crippen molar-refractivity contribution in [1.82, 2.24) is 9.88 Å². The number of nitriles is 2. The van der Waals surface area contributed by atoms with Gasteiger partial charge in [0.25, 0.3) is 0 Å². The van der Waals surface area contributed by atoms with Crippen LogP contribution in [0.2, 0.25) is 5.02 Å². The topological polar surface area (TPSA) is 119 Å². The van der Waals surface area contributed by atoms with Crippen LogP contribution in [0.5, 0.6) is 0 Å². The molecule has 0 unspecified atom stereocenters. The largest absolute Gasteiger partial charge is 0.462 e. The third-order valence-electron chi connectivity index (χ3n) is 4.37. The van der Waals surface area contributed by atoms with E-state index >= 15 is 0 Å². The van der Waals surface area contributed by atoms with E-state index in [4.69, 9.17) is 27.3 Å². The van der Waals surface area contributed by atoms with Gasteiger partial charge in [-0.25, -0.2) is 9.78 Å². The monoisotopic (exact) mass is 454 g/mol. The van der Waals surface area contributed by atoms with E-state index in [2.05, 4.69) is 4.98 Å². The molecule has 2 rings (SSSR count). The number of hydrogen-bond acceptors (Lipinski definition) is 8. The Morgan fingerprint density at radius 1 is 1.32 bits per heavy atom. The number of hydrogen-bond donors (Lipinski definition) is 1. The van der Waals surface area contributed by atoms with Gasteiger partial charge in [-0.05, 0) is 19.1 Å². The molecule has 1 saturated heterocycles. The second-order valence-corrected chi connectivity index (χ2v) is 6.71. The number of aromatic nitrogens is 1. The summed E-state index contributed by atoms with van der Waals surface area (Å²) < 4.78 is 43.1. The predicted octanol–water partition coefficient (Wildman–Crippen LogP) is 2.58. The number of carbonyl (C=O) groups excluding carboxylic acids is 1. The maximum Gasteiger partial charge on any atom is 0.417 e. The second-order valence-electron chi connectivity index (χ2n) is 6.30. The van der Waals surface area contributed by atoms with Gasteiger partial charge >= 0.3 is 12.1 Å². The van der Waals surface area contributed by atoms with Crippen LogP contribution >= 0.6 is 11.6 Å². The van der Waals surface area contributed by atoms with E-state index in [-0.39, 0.29) is 34.4 Å². The minimum Gasteiger partial charge on any atom is -0.462 e. The van der Waals surface area contributed by atoms with Crippen molar-refractivity contribution in [2.75, 3.05) is 37.7 Å². The van der Waals surface area contributed by atoms with Crippen molar-refractivity contribution < 1.29 is 22.7 Å². The molecule has 12 heteroatoms. The molecule has 0 atom stereocenters. The number of esters is 1. The maximum atomic E-state index is 12.8. The Bertz CT molecular complexity index is 986. The molecule has 1 aliphatic heterocycles. The molecule has 1 aromatic heterocycles. The number of rotatable bonds is 5. The lowest BCUT2D eigenvalue weighted by Gasteiger charge is -2.37. The SMILES string of the molecule is CCOC(=O)/C(C#N)=C/C(C#N)=C(\N)N1CCN(c2ncc(C(F)(F)F)cc2Cl)CC1. The highest BCUT2D eigenvalue weighted by atomic mass is 35.5. The number of alkyl halides is 3. The van der Waals surface area contributed by atoms with Crippen LogP contribution in [-0.4, -0.2) is 48.6 Å². The fraction of sp³-hybridized carbons (Fsp3) is 0.368. The lowest BCUT2D eigenvalue weighted by molar-refractivity contribution is -0.138. The van der Waals surface area contributed by atoms with E-state index < -0.39 is 17.7 Å². The maximum absolute atomic E-state index is 12.8. The van der Waals surface area contributed by atoms with E-state index in [0.717, 1.165) is 18.3 Å². The highest BCUT2D eigenvalue weighted by molar-refractivity contribution is 6.33. The predicted molar refractivity (Wildman–Crippen MR) is 105 cm³/mol. The van der Waals surface area contributed by atoms with Gasteiger partial charge < -0.3 is 20.3 Å². The van der Waals surface area contributed by atoms with Gasteiger partial charge in [0.1, 0.15) is 29.4 Å². The van der Waals surface area contributed by atoms with Crippen LogP contribution in [0.3, 0.4) is 0 Å². The molecule has 0 aromatic carbocycles. The molecule has 0 saturated carbocycles. The standard InChI is InChI=1S/C19H18ClF3N6O2/c1-2-31-18(30)13(10-25)7-12(9-24)16(26)28-3-5-29(6-4-28)17-15(20)8-14(11-27-17)19(21,22)23/h7-8,11H,2-6,26H2,1H3/b13-7+,16-12-. The van der Waals surface area contributed by atoms with Gasteiger partial charge in [0, 0.05) is 32.4 Å². The van der Waals surface area contributed by atoms with Crippen LogP contribution in [0, 0.1) is 22.7 Å². The van der Waals surface area contributed by atoms with Crippen molar-refractivity contribution >= 4 is 23.4 Å². The normalized spacial score (nSPS) is 15.6. The lowest BCUT2D eigenvalue weighted by Crippen LogP contribution is -2.48. The fourth-order valence-electron chi connectivity index (χ4n) is 2.80. The summed E-state index contributed by atoms with van der Waals surface area (Å²) in [5.74, 6) is -0.588. The van der Waals surface area contributed by atoms with Gasteiger partial charge in [0.2, 0.25) is 0 Å². The molecule has 0 spiro atoms. The lowest BCUT2D eigenvalue weighted by atomic mass is 10.1. The first-order chi connectivity index (χ1) is 14.6. The van der Waals surface area contributed by atoms with Crippen molar-refractivity contribution in [3.05, 3.63) is 45.9 Å². The average molecular weight is 455 g/mol. The van der Waals surface area contributed by atoms with E-state index in [1.54, 1.807) is 22.8 Å². The summed E-state index contributed by atoms with van der Waals surface area (Å²) in [6, 6.07) is 4.35. The van der Waals surface area contributed by atoms with Gasteiger partial charge in [-0.2, -0.15) is 23.7 Å². The Kier molecular flexibility index (Phi) is 7.72. The zero-order chi connectivity index (χ0) is 23.2. The molecule has 0 amide bonds. The number of anilines is 1. The molecule has 2 N–H and O–H groups in total. The fourth-order valence-corrected chi connectivity index (χ4v) is 3.09. The summed E-state index contributed by atoms with van der Waals surface area (Å²) in [6.45, 7) is 2.92. The molecule has 0 aliphatic carbocycles. The van der Waals surface area contributed by atoms with Crippen LogP contribution in [0.15, 0.2) is 35.3 Å². The smallest absolute Gasteiger partial charge is 0.417 e. The molecule has 0 bridgehead atoms. The van der Waals surface area contributed by atoms with E-state index in [0.29, 0.717) is 26.2 Å². The molecule has 1 aliphatic rings. The summed E-state index contributed by atoms with van der Waals surface area (Å²) in [6.07, 6.45) is -2.76.